The molecule has 0 fully saturated rings. The lowest BCUT2D eigenvalue weighted by molar-refractivity contribution is 0.0950. The number of hydrogen-bond donors (Lipinski definition) is 2. The topological polar surface area (TPSA) is 57.8 Å². The highest BCUT2D eigenvalue weighted by molar-refractivity contribution is 6.36. The standard InChI is InChI=1S/C11H9Cl2N3O/c12-7-1-2-9(10(13)3-7)11(17)15-5-8-4-14-6-16-8/h1-4,6H,5H2,(H,14,16)(H,15,17). The van der Waals surface area contributed by atoms with Crippen LogP contribution in [0.3, 0.4) is 0 Å². The summed E-state index contributed by atoms with van der Waals surface area (Å²) in [5.74, 6) is -0.249. The van der Waals surface area contributed by atoms with Gasteiger partial charge in [0.15, 0.2) is 0 Å². The number of nitrogens with zero attached hydrogens (tertiary/aromatic N) is 1. The van der Waals surface area contributed by atoms with Crippen molar-refractivity contribution in [1.29, 1.82) is 0 Å². The Morgan fingerprint density at radius 3 is 2.88 bits per heavy atom. The van der Waals surface area contributed by atoms with Crippen molar-refractivity contribution in [3.63, 3.8) is 0 Å². The van der Waals surface area contributed by atoms with Crippen LogP contribution in [0.4, 0.5) is 0 Å². The van der Waals surface area contributed by atoms with E-state index in [0.29, 0.717) is 22.2 Å². The number of aromatic nitrogens is 2. The Balaban J connectivity index is 2.04. The minimum absolute atomic E-state index is 0.249. The highest BCUT2D eigenvalue weighted by Crippen LogP contribution is 2.20. The molecule has 88 valence electrons. The molecule has 0 spiro atoms. The van der Waals surface area contributed by atoms with Gasteiger partial charge < -0.3 is 10.3 Å². The first kappa shape index (κ1) is 12.0. The average molecular weight is 270 g/mol. The Morgan fingerprint density at radius 1 is 1.41 bits per heavy atom. The van der Waals surface area contributed by atoms with Gasteiger partial charge in [0.2, 0.25) is 0 Å². The molecule has 1 aromatic carbocycles. The van der Waals surface area contributed by atoms with Gasteiger partial charge in [-0.25, -0.2) is 4.98 Å². The first-order valence-corrected chi connectivity index (χ1v) is 5.63. The summed E-state index contributed by atoms with van der Waals surface area (Å²) in [4.78, 5) is 18.5. The number of benzene rings is 1. The van der Waals surface area contributed by atoms with Crippen LogP contribution in [0.5, 0.6) is 0 Å². The SMILES string of the molecule is O=C(NCc1cnc[nH]1)c1ccc(Cl)cc1Cl. The maximum absolute atomic E-state index is 11.8. The summed E-state index contributed by atoms with van der Waals surface area (Å²) in [6.45, 7) is 0.373. The first-order valence-electron chi connectivity index (χ1n) is 4.87. The second-order valence-electron chi connectivity index (χ2n) is 3.38. The Morgan fingerprint density at radius 2 is 2.24 bits per heavy atom. The summed E-state index contributed by atoms with van der Waals surface area (Å²) in [6.07, 6.45) is 3.19. The summed E-state index contributed by atoms with van der Waals surface area (Å²) in [5.41, 5.74) is 1.22. The quantitative estimate of drug-likeness (QED) is 0.900. The van der Waals surface area contributed by atoms with Crippen molar-refractivity contribution >= 4 is 29.1 Å². The minimum Gasteiger partial charge on any atom is -0.347 e. The van der Waals surface area contributed by atoms with Gasteiger partial charge in [-0.3, -0.25) is 4.79 Å². The fourth-order valence-electron chi connectivity index (χ4n) is 1.33. The second kappa shape index (κ2) is 5.21. The molecule has 1 heterocycles. The second-order valence-corrected chi connectivity index (χ2v) is 4.23. The van der Waals surface area contributed by atoms with Crippen molar-refractivity contribution in [3.8, 4) is 0 Å². The number of rotatable bonds is 3. The fourth-order valence-corrected chi connectivity index (χ4v) is 1.82. The van der Waals surface area contributed by atoms with E-state index in [4.69, 9.17) is 23.2 Å². The fraction of sp³-hybridized carbons (Fsp3) is 0.0909. The predicted octanol–water partition coefficient (Wildman–Crippen LogP) is 2.65. The van der Waals surface area contributed by atoms with E-state index in [1.807, 2.05) is 0 Å². The molecule has 2 aromatic rings. The van der Waals surface area contributed by atoms with Crippen LogP contribution < -0.4 is 5.32 Å². The van der Waals surface area contributed by atoms with Crippen LogP contribution in [-0.4, -0.2) is 15.9 Å². The van der Waals surface area contributed by atoms with Crippen molar-refractivity contribution in [1.82, 2.24) is 15.3 Å². The van der Waals surface area contributed by atoms with Gasteiger partial charge in [0.25, 0.3) is 5.91 Å². The van der Waals surface area contributed by atoms with Crippen molar-refractivity contribution in [2.45, 2.75) is 6.54 Å². The molecule has 0 atom stereocenters. The van der Waals surface area contributed by atoms with Crippen molar-refractivity contribution in [3.05, 3.63) is 52.0 Å². The third-order valence-corrected chi connectivity index (χ3v) is 2.72. The van der Waals surface area contributed by atoms with Gasteiger partial charge in [0.1, 0.15) is 0 Å². The van der Waals surface area contributed by atoms with E-state index in [2.05, 4.69) is 15.3 Å². The minimum atomic E-state index is -0.249. The van der Waals surface area contributed by atoms with Crippen LogP contribution in [0.25, 0.3) is 0 Å². The van der Waals surface area contributed by atoms with Gasteiger partial charge in [-0.1, -0.05) is 23.2 Å². The van der Waals surface area contributed by atoms with E-state index in [-0.39, 0.29) is 5.91 Å². The lowest BCUT2D eigenvalue weighted by atomic mass is 10.2. The summed E-state index contributed by atoms with van der Waals surface area (Å²) >= 11 is 11.7. The number of hydrogen-bond acceptors (Lipinski definition) is 2. The molecule has 2 N–H and O–H groups in total. The monoisotopic (exact) mass is 269 g/mol. The summed E-state index contributed by atoms with van der Waals surface area (Å²) in [5, 5.41) is 3.56. The van der Waals surface area contributed by atoms with Crippen LogP contribution in [0.1, 0.15) is 16.1 Å². The Labute approximate surface area is 108 Å². The molecule has 0 bridgehead atoms. The Hall–Kier alpha value is -1.52. The predicted molar refractivity (Wildman–Crippen MR) is 66.2 cm³/mol. The zero-order chi connectivity index (χ0) is 12.3. The first-order chi connectivity index (χ1) is 8.16. The normalized spacial score (nSPS) is 10.2. The highest BCUT2D eigenvalue weighted by Gasteiger charge is 2.10. The van der Waals surface area contributed by atoms with Crippen molar-refractivity contribution < 1.29 is 4.79 Å². The molecule has 0 unspecified atom stereocenters. The van der Waals surface area contributed by atoms with Crippen LogP contribution >= 0.6 is 23.2 Å². The zero-order valence-corrected chi connectivity index (χ0v) is 10.2. The summed E-state index contributed by atoms with van der Waals surface area (Å²) < 4.78 is 0. The maximum Gasteiger partial charge on any atom is 0.253 e. The average Bonchev–Trinajstić information content (AvgIpc) is 2.78. The van der Waals surface area contributed by atoms with E-state index < -0.39 is 0 Å². The van der Waals surface area contributed by atoms with Crippen molar-refractivity contribution in [2.75, 3.05) is 0 Å². The lowest BCUT2D eigenvalue weighted by Gasteiger charge is -2.05. The molecular formula is C11H9Cl2N3O. The van der Waals surface area contributed by atoms with Gasteiger partial charge in [0.05, 0.1) is 29.2 Å². The number of nitrogens with one attached hydrogen (secondary N) is 2. The molecule has 17 heavy (non-hydrogen) atoms. The molecule has 0 saturated carbocycles. The van der Waals surface area contributed by atoms with E-state index in [1.54, 1.807) is 24.7 Å². The largest absolute Gasteiger partial charge is 0.347 e. The van der Waals surface area contributed by atoms with E-state index in [9.17, 15) is 4.79 Å². The molecule has 0 saturated heterocycles. The number of halogens is 2. The number of H-pyrrole nitrogens is 1. The third-order valence-electron chi connectivity index (χ3n) is 2.17. The lowest BCUT2D eigenvalue weighted by Crippen LogP contribution is -2.23. The zero-order valence-electron chi connectivity index (χ0n) is 8.71. The number of aromatic amines is 1. The Bertz CT molecular complexity index is 526. The van der Waals surface area contributed by atoms with Crippen LogP contribution in [0, 0.1) is 0 Å². The van der Waals surface area contributed by atoms with Crippen LogP contribution in [0.15, 0.2) is 30.7 Å². The summed E-state index contributed by atoms with van der Waals surface area (Å²) in [7, 11) is 0. The maximum atomic E-state index is 11.8. The van der Waals surface area contributed by atoms with Gasteiger partial charge in [-0.15, -0.1) is 0 Å². The number of carbonyl (C=O) groups excluding carboxylic acids is 1. The number of amides is 1. The Kier molecular flexibility index (Phi) is 3.66. The van der Waals surface area contributed by atoms with E-state index in [0.717, 1.165) is 5.69 Å². The molecule has 0 aliphatic carbocycles. The van der Waals surface area contributed by atoms with Gasteiger partial charge >= 0.3 is 0 Å². The molecule has 6 heteroatoms. The van der Waals surface area contributed by atoms with Gasteiger partial charge in [0, 0.05) is 11.2 Å². The molecule has 4 nitrogen and oxygen atoms in total. The molecule has 0 radical (unpaired) electrons. The molecule has 2 rings (SSSR count). The number of imidazole rings is 1. The van der Waals surface area contributed by atoms with Crippen LogP contribution in [0.2, 0.25) is 10.0 Å². The highest BCUT2D eigenvalue weighted by atomic mass is 35.5. The van der Waals surface area contributed by atoms with Gasteiger partial charge in [-0.2, -0.15) is 0 Å². The van der Waals surface area contributed by atoms with E-state index in [1.165, 1.54) is 6.07 Å². The molecule has 1 amide bonds. The van der Waals surface area contributed by atoms with Crippen LogP contribution in [-0.2, 0) is 6.54 Å². The molecule has 0 aliphatic rings. The number of carbonyl (C=O) groups is 1. The summed E-state index contributed by atoms with van der Waals surface area (Å²) in [6, 6.07) is 4.75. The molecule has 1 aromatic heterocycles. The van der Waals surface area contributed by atoms with Crippen molar-refractivity contribution in [2.24, 2.45) is 0 Å². The third kappa shape index (κ3) is 2.99. The van der Waals surface area contributed by atoms with E-state index >= 15 is 0 Å². The van der Waals surface area contributed by atoms with Gasteiger partial charge in [-0.05, 0) is 18.2 Å². The smallest absolute Gasteiger partial charge is 0.253 e. The molecular weight excluding hydrogens is 261 g/mol. The molecule has 0 aliphatic heterocycles.